The number of nitrogens with one attached hydrogen (secondary N) is 2. The molecule has 0 aromatic carbocycles. The third kappa shape index (κ3) is 4.81. The van der Waals surface area contributed by atoms with Gasteiger partial charge in [-0.15, -0.1) is 0 Å². The summed E-state index contributed by atoms with van der Waals surface area (Å²) in [7, 11) is 0. The van der Waals surface area contributed by atoms with Gasteiger partial charge in [-0.3, -0.25) is 5.10 Å². The number of nitrogens with zero attached hydrogens (tertiary/aromatic N) is 1. The number of hydrogen-bond acceptors (Lipinski definition) is 4. The van der Waals surface area contributed by atoms with Crippen LogP contribution in [0.4, 0.5) is 10.6 Å². The van der Waals surface area contributed by atoms with Crippen LogP contribution in [-0.4, -0.2) is 21.9 Å². The van der Waals surface area contributed by atoms with Crippen molar-refractivity contribution >= 4 is 11.9 Å². The molecular formula is C13H24N4O2. The fourth-order valence-corrected chi connectivity index (χ4v) is 1.69. The van der Waals surface area contributed by atoms with Gasteiger partial charge in [-0.25, -0.2) is 4.79 Å². The molecule has 0 radical (unpaired) electrons. The monoisotopic (exact) mass is 268 g/mol. The Kier molecular flexibility index (Phi) is 4.12. The second kappa shape index (κ2) is 5.11. The Morgan fingerprint density at radius 2 is 1.95 bits per heavy atom. The summed E-state index contributed by atoms with van der Waals surface area (Å²) in [5, 5.41) is 9.58. The topological polar surface area (TPSA) is 93.0 Å². The first-order valence-electron chi connectivity index (χ1n) is 6.29. The van der Waals surface area contributed by atoms with Gasteiger partial charge >= 0.3 is 6.09 Å². The van der Waals surface area contributed by atoms with E-state index in [0.717, 1.165) is 5.69 Å². The number of H-pyrrole nitrogens is 1. The van der Waals surface area contributed by atoms with Crippen molar-refractivity contribution in [1.29, 1.82) is 0 Å². The molecule has 0 saturated carbocycles. The second-order valence-corrected chi connectivity index (χ2v) is 6.69. The van der Waals surface area contributed by atoms with E-state index in [-0.39, 0.29) is 11.5 Å². The van der Waals surface area contributed by atoms with E-state index < -0.39 is 11.7 Å². The molecule has 1 aromatic rings. The number of anilines is 1. The number of amides is 1. The van der Waals surface area contributed by atoms with Gasteiger partial charge in [-0.2, -0.15) is 5.10 Å². The molecule has 4 N–H and O–H groups in total. The van der Waals surface area contributed by atoms with Crippen molar-refractivity contribution in [3.8, 4) is 0 Å². The Bertz CT molecular complexity index is 440. The van der Waals surface area contributed by atoms with Crippen molar-refractivity contribution in [2.45, 2.75) is 53.2 Å². The summed E-state index contributed by atoms with van der Waals surface area (Å²) >= 11 is 0. The number of alkyl carbamates (subject to hydrolysis) is 1. The number of nitrogens with two attached hydrogens (primary N) is 1. The molecule has 0 aliphatic heterocycles. The number of nitrogen functional groups attached to an aromatic ring is 1. The fraction of sp³-hybridized carbons (Fsp3) is 0.692. The van der Waals surface area contributed by atoms with E-state index in [4.69, 9.17) is 10.5 Å². The Morgan fingerprint density at radius 3 is 2.32 bits per heavy atom. The van der Waals surface area contributed by atoms with Crippen LogP contribution in [0.3, 0.4) is 0 Å². The highest BCUT2D eigenvalue weighted by Gasteiger charge is 2.31. The Morgan fingerprint density at radius 1 is 1.37 bits per heavy atom. The van der Waals surface area contributed by atoms with E-state index >= 15 is 0 Å². The van der Waals surface area contributed by atoms with Crippen LogP contribution in [0, 0.1) is 5.41 Å². The fourth-order valence-electron chi connectivity index (χ4n) is 1.69. The van der Waals surface area contributed by atoms with Gasteiger partial charge in [0.2, 0.25) is 0 Å². The number of carbonyl (C=O) groups is 1. The molecule has 0 fully saturated rings. The summed E-state index contributed by atoms with van der Waals surface area (Å²) in [6, 6.07) is 1.46. The summed E-state index contributed by atoms with van der Waals surface area (Å²) in [5.74, 6) is 0.398. The third-order valence-electron chi connectivity index (χ3n) is 2.46. The number of carbonyl (C=O) groups excluding carboxylic acids is 1. The van der Waals surface area contributed by atoms with Crippen molar-refractivity contribution in [3.63, 3.8) is 0 Å². The summed E-state index contributed by atoms with van der Waals surface area (Å²) in [6.45, 7) is 11.5. The number of ether oxygens (including phenoxy) is 1. The molecule has 0 aliphatic rings. The lowest BCUT2D eigenvalue weighted by Gasteiger charge is -2.31. The minimum atomic E-state index is -0.528. The first kappa shape index (κ1) is 15.3. The lowest BCUT2D eigenvalue weighted by molar-refractivity contribution is 0.0460. The van der Waals surface area contributed by atoms with Crippen LogP contribution < -0.4 is 11.1 Å². The lowest BCUT2D eigenvalue weighted by Crippen LogP contribution is -2.40. The van der Waals surface area contributed by atoms with Gasteiger partial charge in [-0.05, 0) is 26.2 Å². The van der Waals surface area contributed by atoms with Crippen molar-refractivity contribution in [2.24, 2.45) is 5.41 Å². The average Bonchev–Trinajstić information content (AvgIpc) is 2.56. The molecule has 0 saturated heterocycles. The van der Waals surface area contributed by atoms with Crippen molar-refractivity contribution in [1.82, 2.24) is 15.5 Å². The van der Waals surface area contributed by atoms with Gasteiger partial charge in [0.25, 0.3) is 0 Å². The highest BCUT2D eigenvalue weighted by Crippen LogP contribution is 2.32. The molecule has 108 valence electrons. The smallest absolute Gasteiger partial charge is 0.408 e. The molecule has 6 nitrogen and oxygen atoms in total. The highest BCUT2D eigenvalue weighted by molar-refractivity contribution is 5.68. The van der Waals surface area contributed by atoms with Gasteiger partial charge in [-0.1, -0.05) is 20.8 Å². The Hall–Kier alpha value is -1.72. The molecule has 1 heterocycles. The summed E-state index contributed by atoms with van der Waals surface area (Å²) in [6.07, 6.45) is -0.458. The molecule has 1 amide bonds. The van der Waals surface area contributed by atoms with Crippen LogP contribution in [0.25, 0.3) is 0 Å². The third-order valence-corrected chi connectivity index (χ3v) is 2.46. The number of aromatic amines is 1. The maximum absolute atomic E-state index is 11.9. The van der Waals surface area contributed by atoms with Crippen LogP contribution in [0.15, 0.2) is 6.07 Å². The molecular weight excluding hydrogens is 244 g/mol. The first-order chi connectivity index (χ1) is 8.49. The first-order valence-corrected chi connectivity index (χ1v) is 6.29. The molecule has 1 aromatic heterocycles. The summed E-state index contributed by atoms with van der Waals surface area (Å²) in [4.78, 5) is 11.9. The van der Waals surface area contributed by atoms with Crippen molar-refractivity contribution in [2.75, 3.05) is 5.73 Å². The quantitative estimate of drug-likeness (QED) is 0.768. The van der Waals surface area contributed by atoms with Crippen molar-refractivity contribution < 1.29 is 9.53 Å². The van der Waals surface area contributed by atoms with Crippen LogP contribution in [-0.2, 0) is 4.74 Å². The van der Waals surface area contributed by atoms with E-state index in [1.165, 1.54) is 0 Å². The normalized spacial score (nSPS) is 14.0. The second-order valence-electron chi connectivity index (χ2n) is 6.69. The van der Waals surface area contributed by atoms with Crippen LogP contribution in [0.2, 0.25) is 0 Å². The van der Waals surface area contributed by atoms with Crippen LogP contribution in [0.5, 0.6) is 0 Å². The molecule has 0 aliphatic carbocycles. The predicted octanol–water partition coefficient (Wildman–Crippen LogP) is 2.60. The van der Waals surface area contributed by atoms with Gasteiger partial charge < -0.3 is 15.8 Å². The maximum Gasteiger partial charge on any atom is 0.408 e. The lowest BCUT2D eigenvalue weighted by atomic mass is 9.85. The zero-order chi connectivity index (χ0) is 14.8. The van der Waals surface area contributed by atoms with E-state index in [1.807, 2.05) is 41.5 Å². The summed E-state index contributed by atoms with van der Waals surface area (Å²) < 4.78 is 5.28. The molecule has 6 heteroatoms. The SMILES string of the molecule is CC(C)(C)OC(=O)NC(c1cc(N)n[nH]1)C(C)(C)C. The van der Waals surface area contributed by atoms with Gasteiger partial charge in [0.05, 0.1) is 11.7 Å². The van der Waals surface area contributed by atoms with E-state index in [9.17, 15) is 4.79 Å². The van der Waals surface area contributed by atoms with E-state index in [2.05, 4.69) is 15.5 Å². The zero-order valence-electron chi connectivity index (χ0n) is 12.5. The Balaban J connectivity index is 2.86. The van der Waals surface area contributed by atoms with E-state index in [1.54, 1.807) is 6.07 Å². The van der Waals surface area contributed by atoms with E-state index in [0.29, 0.717) is 5.82 Å². The largest absolute Gasteiger partial charge is 0.444 e. The van der Waals surface area contributed by atoms with Crippen LogP contribution >= 0.6 is 0 Å². The maximum atomic E-state index is 11.9. The van der Waals surface area contributed by atoms with Crippen LogP contribution in [0.1, 0.15) is 53.3 Å². The predicted molar refractivity (Wildman–Crippen MR) is 74.6 cm³/mol. The minimum absolute atomic E-state index is 0.199. The van der Waals surface area contributed by atoms with Gasteiger partial charge in [0, 0.05) is 6.07 Å². The van der Waals surface area contributed by atoms with Gasteiger partial charge in [0.15, 0.2) is 0 Å². The molecule has 0 spiro atoms. The van der Waals surface area contributed by atoms with Crippen molar-refractivity contribution in [3.05, 3.63) is 11.8 Å². The molecule has 1 rings (SSSR count). The van der Waals surface area contributed by atoms with Gasteiger partial charge in [0.1, 0.15) is 11.4 Å². The number of aromatic nitrogens is 2. The minimum Gasteiger partial charge on any atom is -0.444 e. The standard InChI is InChI=1S/C13H24N4O2/c1-12(2,3)10(8-7-9(14)17-16-8)15-11(18)19-13(4,5)6/h7,10H,1-6H3,(H,15,18)(H3,14,16,17). The number of hydrogen-bond donors (Lipinski definition) is 3. The number of rotatable bonds is 2. The summed E-state index contributed by atoms with van der Waals surface area (Å²) in [5.41, 5.74) is 5.64. The average molecular weight is 268 g/mol. The molecule has 0 bridgehead atoms. The molecule has 1 atom stereocenters. The highest BCUT2D eigenvalue weighted by atomic mass is 16.6. The zero-order valence-corrected chi connectivity index (χ0v) is 12.5. The molecule has 19 heavy (non-hydrogen) atoms. The molecule has 1 unspecified atom stereocenters. The Labute approximate surface area is 114 Å².